The van der Waals surface area contributed by atoms with E-state index in [4.69, 9.17) is 9.84 Å². The number of carbonyl (C=O) groups excluding carboxylic acids is 1. The summed E-state index contributed by atoms with van der Waals surface area (Å²) in [5.74, 6) is -0.581. The predicted molar refractivity (Wildman–Crippen MR) is 77.7 cm³/mol. The van der Waals surface area contributed by atoms with E-state index >= 15 is 0 Å². The summed E-state index contributed by atoms with van der Waals surface area (Å²) < 4.78 is 32.1. The highest BCUT2D eigenvalue weighted by atomic mass is 32.2. The van der Waals surface area contributed by atoms with Crippen LogP contribution < -0.4 is 4.72 Å². The van der Waals surface area contributed by atoms with Crippen molar-refractivity contribution >= 4 is 16.0 Å². The molecule has 3 N–H and O–H groups in total. The zero-order valence-electron chi connectivity index (χ0n) is 12.7. The van der Waals surface area contributed by atoms with Crippen molar-refractivity contribution in [1.29, 1.82) is 0 Å². The molecule has 0 spiro atoms. The van der Waals surface area contributed by atoms with Gasteiger partial charge >= 0.3 is 5.97 Å². The maximum absolute atomic E-state index is 12.4. The SMILES string of the molecule is CCOC(=O)c1[nH]c(C)c(S(=O)(=O)NC(C)CCO)c1C. The number of hydrogen-bond donors (Lipinski definition) is 3. The summed E-state index contributed by atoms with van der Waals surface area (Å²) in [7, 11) is -3.77. The van der Waals surface area contributed by atoms with Gasteiger partial charge in [0.15, 0.2) is 0 Å². The van der Waals surface area contributed by atoms with Crippen LogP contribution in [0.5, 0.6) is 0 Å². The van der Waals surface area contributed by atoms with Crippen LogP contribution >= 0.6 is 0 Å². The predicted octanol–water partition coefficient (Wildman–Crippen LogP) is 0.857. The quantitative estimate of drug-likeness (QED) is 0.646. The minimum absolute atomic E-state index is 0.0512. The lowest BCUT2D eigenvalue weighted by Gasteiger charge is -2.13. The number of nitrogens with one attached hydrogen (secondary N) is 2. The number of aromatic nitrogens is 1. The van der Waals surface area contributed by atoms with Crippen LogP contribution in [-0.4, -0.2) is 43.7 Å². The Labute approximate surface area is 124 Å². The van der Waals surface area contributed by atoms with Gasteiger partial charge in [-0.3, -0.25) is 0 Å². The van der Waals surface area contributed by atoms with Crippen LogP contribution in [0.25, 0.3) is 0 Å². The Bertz CT molecular complexity index is 606. The van der Waals surface area contributed by atoms with Gasteiger partial charge in [-0.25, -0.2) is 17.9 Å². The average molecular weight is 318 g/mol. The van der Waals surface area contributed by atoms with Gasteiger partial charge in [0.1, 0.15) is 10.6 Å². The van der Waals surface area contributed by atoms with E-state index in [1.807, 2.05) is 0 Å². The zero-order valence-corrected chi connectivity index (χ0v) is 13.5. The monoisotopic (exact) mass is 318 g/mol. The second-order valence-electron chi connectivity index (χ2n) is 4.83. The molecule has 1 heterocycles. The molecule has 1 rings (SSSR count). The molecule has 1 atom stereocenters. The third-order valence-electron chi connectivity index (χ3n) is 3.04. The van der Waals surface area contributed by atoms with Crippen molar-refractivity contribution in [3.05, 3.63) is 17.0 Å². The van der Waals surface area contributed by atoms with Crippen LogP contribution in [0, 0.1) is 13.8 Å². The molecule has 1 aromatic heterocycles. The topological polar surface area (TPSA) is 108 Å². The van der Waals surface area contributed by atoms with Crippen LogP contribution in [0.1, 0.15) is 42.0 Å². The molecule has 8 heteroatoms. The first kappa shape index (κ1) is 17.7. The Balaban J connectivity index is 3.16. The van der Waals surface area contributed by atoms with Crippen molar-refractivity contribution in [2.75, 3.05) is 13.2 Å². The summed E-state index contributed by atoms with van der Waals surface area (Å²) in [5, 5.41) is 8.85. The van der Waals surface area contributed by atoms with Crippen LogP contribution in [0.4, 0.5) is 0 Å². The highest BCUT2D eigenvalue weighted by Crippen LogP contribution is 2.24. The molecule has 0 aliphatic rings. The minimum Gasteiger partial charge on any atom is -0.461 e. The summed E-state index contributed by atoms with van der Waals surface area (Å²) in [4.78, 5) is 14.6. The molecule has 0 radical (unpaired) electrons. The third-order valence-corrected chi connectivity index (χ3v) is 4.90. The molecule has 21 heavy (non-hydrogen) atoms. The highest BCUT2D eigenvalue weighted by molar-refractivity contribution is 7.89. The van der Waals surface area contributed by atoms with Crippen LogP contribution in [0.3, 0.4) is 0 Å². The number of sulfonamides is 1. The van der Waals surface area contributed by atoms with Crippen LogP contribution in [0.2, 0.25) is 0 Å². The fourth-order valence-corrected chi connectivity index (χ4v) is 3.84. The van der Waals surface area contributed by atoms with E-state index in [9.17, 15) is 13.2 Å². The van der Waals surface area contributed by atoms with Gasteiger partial charge < -0.3 is 14.8 Å². The van der Waals surface area contributed by atoms with Gasteiger partial charge in [0.05, 0.1) is 6.61 Å². The number of aryl methyl sites for hydroxylation is 1. The van der Waals surface area contributed by atoms with Crippen molar-refractivity contribution in [1.82, 2.24) is 9.71 Å². The minimum atomic E-state index is -3.77. The fourth-order valence-electron chi connectivity index (χ4n) is 2.12. The van der Waals surface area contributed by atoms with Gasteiger partial charge in [0, 0.05) is 23.9 Å². The summed E-state index contributed by atoms with van der Waals surface area (Å²) >= 11 is 0. The Hall–Kier alpha value is -1.38. The molecule has 0 bridgehead atoms. The van der Waals surface area contributed by atoms with Crippen molar-refractivity contribution < 1.29 is 23.1 Å². The number of rotatable bonds is 7. The van der Waals surface area contributed by atoms with E-state index in [0.717, 1.165) is 0 Å². The zero-order chi connectivity index (χ0) is 16.2. The molecule has 0 aliphatic heterocycles. The normalized spacial score (nSPS) is 13.2. The Morgan fingerprint density at radius 3 is 2.57 bits per heavy atom. The molecule has 120 valence electrons. The number of carbonyl (C=O) groups is 1. The molecule has 1 aromatic rings. The number of esters is 1. The first-order valence-electron chi connectivity index (χ1n) is 6.74. The van der Waals surface area contributed by atoms with Crippen molar-refractivity contribution in [2.45, 2.75) is 45.1 Å². The molecule has 0 saturated carbocycles. The number of H-pyrrole nitrogens is 1. The maximum atomic E-state index is 12.4. The molecule has 0 amide bonds. The number of aromatic amines is 1. The summed E-state index contributed by atoms with van der Waals surface area (Å²) in [6.07, 6.45) is 0.312. The van der Waals surface area contributed by atoms with Gasteiger partial charge in [0.25, 0.3) is 0 Å². The maximum Gasteiger partial charge on any atom is 0.355 e. The van der Waals surface area contributed by atoms with Crippen molar-refractivity contribution in [3.8, 4) is 0 Å². The first-order chi connectivity index (χ1) is 9.74. The number of hydrogen-bond acceptors (Lipinski definition) is 5. The van der Waals surface area contributed by atoms with Crippen LogP contribution in [0.15, 0.2) is 4.90 Å². The Kier molecular flexibility index (Phi) is 5.94. The number of ether oxygens (including phenoxy) is 1. The van der Waals surface area contributed by atoms with E-state index in [2.05, 4.69) is 9.71 Å². The highest BCUT2D eigenvalue weighted by Gasteiger charge is 2.27. The molecular formula is C13H22N2O5S. The largest absolute Gasteiger partial charge is 0.461 e. The lowest BCUT2D eigenvalue weighted by Crippen LogP contribution is -2.33. The molecule has 0 fully saturated rings. The summed E-state index contributed by atoms with van der Waals surface area (Å²) in [5.41, 5.74) is 0.846. The third kappa shape index (κ3) is 4.05. The molecule has 0 saturated heterocycles. The van der Waals surface area contributed by atoms with Crippen molar-refractivity contribution in [2.24, 2.45) is 0 Å². The van der Waals surface area contributed by atoms with Gasteiger partial charge in [-0.05, 0) is 34.1 Å². The van der Waals surface area contributed by atoms with E-state index < -0.39 is 22.0 Å². The Morgan fingerprint density at radius 2 is 2.05 bits per heavy atom. The molecule has 0 aliphatic carbocycles. The standard InChI is InChI=1S/C13H22N2O5S/c1-5-20-13(17)11-9(3)12(10(4)14-11)21(18,19)15-8(2)6-7-16/h8,14-16H,5-7H2,1-4H3. The van der Waals surface area contributed by atoms with Crippen LogP contribution in [-0.2, 0) is 14.8 Å². The molecule has 0 aromatic carbocycles. The lowest BCUT2D eigenvalue weighted by atomic mass is 10.2. The van der Waals surface area contributed by atoms with Gasteiger partial charge in [0.2, 0.25) is 10.0 Å². The van der Waals surface area contributed by atoms with E-state index in [-0.39, 0.29) is 23.8 Å². The molecule has 7 nitrogen and oxygen atoms in total. The van der Waals surface area contributed by atoms with Gasteiger partial charge in [-0.2, -0.15) is 0 Å². The number of aliphatic hydroxyl groups excluding tert-OH is 1. The summed E-state index contributed by atoms with van der Waals surface area (Å²) in [6, 6.07) is -0.403. The Morgan fingerprint density at radius 1 is 1.43 bits per heavy atom. The fraction of sp³-hybridized carbons (Fsp3) is 0.615. The smallest absolute Gasteiger partial charge is 0.355 e. The van der Waals surface area contributed by atoms with E-state index in [1.165, 1.54) is 0 Å². The second kappa shape index (κ2) is 7.06. The lowest BCUT2D eigenvalue weighted by molar-refractivity contribution is 0.0519. The molecular weight excluding hydrogens is 296 g/mol. The first-order valence-corrected chi connectivity index (χ1v) is 8.22. The van der Waals surface area contributed by atoms with Gasteiger partial charge in [-0.1, -0.05) is 0 Å². The van der Waals surface area contributed by atoms with Crippen molar-refractivity contribution in [3.63, 3.8) is 0 Å². The number of aliphatic hydroxyl groups is 1. The second-order valence-corrected chi connectivity index (χ2v) is 6.49. The summed E-state index contributed by atoms with van der Waals surface area (Å²) in [6.45, 7) is 6.59. The van der Waals surface area contributed by atoms with E-state index in [0.29, 0.717) is 17.7 Å². The molecule has 1 unspecified atom stereocenters. The average Bonchev–Trinajstić information content (AvgIpc) is 2.65. The van der Waals surface area contributed by atoms with Gasteiger partial charge in [-0.15, -0.1) is 0 Å². The van der Waals surface area contributed by atoms with E-state index in [1.54, 1.807) is 27.7 Å².